The van der Waals surface area contributed by atoms with Crippen LogP contribution in [0.2, 0.25) is 0 Å². The Labute approximate surface area is 211 Å². The number of rotatable bonds is 8. The summed E-state index contributed by atoms with van der Waals surface area (Å²) in [6.45, 7) is 2.22. The second-order valence-electron chi connectivity index (χ2n) is 9.46. The number of hydrogen-bond acceptors (Lipinski definition) is 6. The second kappa shape index (κ2) is 10.6. The normalized spacial score (nSPS) is 18.1. The molecular formula is C29H27N5O2. The van der Waals surface area contributed by atoms with Crippen molar-refractivity contribution >= 4 is 5.91 Å². The number of pyridine rings is 1. The standard InChI is InChI=1S/C29H27N5O2/c30-15-20-3-7-23(8-4-20)28(25-11-12-27(32-17-25)36-19-22-1-2-22)34-14-13-26(18-34)33-29(35)24-9-5-21(16-31)6-10-24/h3-12,17,22,26,28H,1-2,13-14,18-19H2,(H,33,35)/t26-,28?/m1/s1. The van der Waals surface area contributed by atoms with E-state index < -0.39 is 0 Å². The number of benzene rings is 2. The minimum Gasteiger partial charge on any atom is -0.477 e. The summed E-state index contributed by atoms with van der Waals surface area (Å²) >= 11 is 0. The number of nitriles is 2. The third kappa shape index (κ3) is 5.54. The Morgan fingerprint density at radius 3 is 2.25 bits per heavy atom. The van der Waals surface area contributed by atoms with Gasteiger partial charge in [0.1, 0.15) is 0 Å². The highest BCUT2D eigenvalue weighted by Crippen LogP contribution is 2.33. The van der Waals surface area contributed by atoms with Crippen molar-refractivity contribution in [3.8, 4) is 18.0 Å². The van der Waals surface area contributed by atoms with Crippen LogP contribution in [-0.4, -0.2) is 41.5 Å². The van der Waals surface area contributed by atoms with Gasteiger partial charge in [-0.3, -0.25) is 9.69 Å². The van der Waals surface area contributed by atoms with E-state index in [1.807, 2.05) is 36.5 Å². The van der Waals surface area contributed by atoms with E-state index in [-0.39, 0.29) is 18.0 Å². The van der Waals surface area contributed by atoms with Gasteiger partial charge in [0, 0.05) is 37.0 Å². The minimum atomic E-state index is -0.139. The first-order valence-corrected chi connectivity index (χ1v) is 12.3. The summed E-state index contributed by atoms with van der Waals surface area (Å²) in [5.74, 6) is 1.16. The van der Waals surface area contributed by atoms with E-state index in [9.17, 15) is 10.1 Å². The van der Waals surface area contributed by atoms with Crippen LogP contribution in [0, 0.1) is 28.6 Å². The van der Waals surface area contributed by atoms with Crippen LogP contribution in [0.5, 0.6) is 5.88 Å². The van der Waals surface area contributed by atoms with Gasteiger partial charge in [0.2, 0.25) is 5.88 Å². The number of likely N-dealkylation sites (tertiary alicyclic amines) is 1. The Hall–Kier alpha value is -4.20. The molecule has 2 atom stereocenters. The number of hydrogen-bond donors (Lipinski definition) is 1. The molecule has 0 spiro atoms. The van der Waals surface area contributed by atoms with Crippen LogP contribution < -0.4 is 10.1 Å². The van der Waals surface area contributed by atoms with E-state index in [1.54, 1.807) is 24.3 Å². The topological polar surface area (TPSA) is 102 Å². The van der Waals surface area contributed by atoms with Gasteiger partial charge in [-0.1, -0.05) is 18.2 Å². The summed E-state index contributed by atoms with van der Waals surface area (Å²) in [6.07, 6.45) is 5.16. The molecule has 1 aliphatic heterocycles. The molecule has 2 aromatic carbocycles. The molecule has 1 saturated heterocycles. The van der Waals surface area contributed by atoms with Crippen LogP contribution in [0.15, 0.2) is 66.9 Å². The Morgan fingerprint density at radius 1 is 0.972 bits per heavy atom. The first-order chi connectivity index (χ1) is 17.6. The van der Waals surface area contributed by atoms with Crippen molar-refractivity contribution in [1.29, 1.82) is 10.5 Å². The molecule has 2 fully saturated rings. The summed E-state index contributed by atoms with van der Waals surface area (Å²) in [4.78, 5) is 19.7. The van der Waals surface area contributed by atoms with Crippen molar-refractivity contribution in [2.24, 2.45) is 5.92 Å². The maximum atomic E-state index is 12.8. The molecule has 0 radical (unpaired) electrons. The summed E-state index contributed by atoms with van der Waals surface area (Å²) in [5, 5.41) is 21.3. The van der Waals surface area contributed by atoms with Crippen LogP contribution in [0.4, 0.5) is 0 Å². The van der Waals surface area contributed by atoms with Crippen molar-refractivity contribution < 1.29 is 9.53 Å². The van der Waals surface area contributed by atoms with E-state index in [4.69, 9.17) is 10.00 Å². The van der Waals surface area contributed by atoms with Crippen molar-refractivity contribution in [1.82, 2.24) is 15.2 Å². The third-order valence-electron chi connectivity index (χ3n) is 6.79. The lowest BCUT2D eigenvalue weighted by Crippen LogP contribution is -2.38. The molecule has 1 N–H and O–H groups in total. The van der Waals surface area contributed by atoms with E-state index in [2.05, 4.69) is 33.4 Å². The van der Waals surface area contributed by atoms with Crippen LogP contribution in [-0.2, 0) is 0 Å². The van der Waals surface area contributed by atoms with Gasteiger partial charge in [-0.15, -0.1) is 0 Å². The molecule has 1 unspecified atom stereocenters. The number of ether oxygens (including phenoxy) is 1. The zero-order valence-corrected chi connectivity index (χ0v) is 19.9. The zero-order chi connectivity index (χ0) is 24.9. The number of carbonyl (C=O) groups is 1. The summed E-state index contributed by atoms with van der Waals surface area (Å²) in [6, 6.07) is 22.5. The Kier molecular flexibility index (Phi) is 6.93. The monoisotopic (exact) mass is 477 g/mol. The average molecular weight is 478 g/mol. The van der Waals surface area contributed by atoms with Crippen molar-refractivity contribution in [3.05, 3.63) is 94.7 Å². The molecule has 1 amide bonds. The molecular weight excluding hydrogens is 450 g/mol. The van der Waals surface area contributed by atoms with Gasteiger partial charge in [0.15, 0.2) is 0 Å². The molecule has 180 valence electrons. The summed E-state index contributed by atoms with van der Waals surface area (Å²) in [7, 11) is 0. The molecule has 1 aliphatic carbocycles. The highest BCUT2D eigenvalue weighted by Gasteiger charge is 2.31. The first-order valence-electron chi connectivity index (χ1n) is 12.3. The number of nitrogens with zero attached hydrogens (tertiary/aromatic N) is 4. The largest absolute Gasteiger partial charge is 0.477 e. The molecule has 2 aliphatic rings. The Morgan fingerprint density at radius 2 is 1.64 bits per heavy atom. The molecule has 0 bridgehead atoms. The van der Waals surface area contributed by atoms with Gasteiger partial charge in [-0.05, 0) is 72.7 Å². The SMILES string of the molecule is N#Cc1ccc(C(=O)N[C@@H]2CCN(C(c3ccc(C#N)cc3)c3ccc(OCC4CC4)nc3)C2)cc1. The van der Waals surface area contributed by atoms with Crippen LogP contribution in [0.3, 0.4) is 0 Å². The van der Waals surface area contributed by atoms with E-state index in [1.165, 1.54) is 12.8 Å². The average Bonchev–Trinajstić information content (AvgIpc) is 3.66. The maximum Gasteiger partial charge on any atom is 0.251 e. The van der Waals surface area contributed by atoms with Gasteiger partial charge < -0.3 is 10.1 Å². The highest BCUT2D eigenvalue weighted by atomic mass is 16.5. The Bertz CT molecular complexity index is 1290. The van der Waals surface area contributed by atoms with E-state index >= 15 is 0 Å². The smallest absolute Gasteiger partial charge is 0.251 e. The molecule has 5 rings (SSSR count). The van der Waals surface area contributed by atoms with Gasteiger partial charge in [-0.25, -0.2) is 4.98 Å². The predicted octanol–water partition coefficient (Wildman–Crippen LogP) is 4.21. The van der Waals surface area contributed by atoms with Gasteiger partial charge in [-0.2, -0.15) is 10.5 Å². The van der Waals surface area contributed by atoms with Crippen LogP contribution in [0.1, 0.15) is 57.9 Å². The Balaban J connectivity index is 1.31. The number of nitrogens with one attached hydrogen (secondary N) is 1. The first kappa shape index (κ1) is 23.5. The van der Waals surface area contributed by atoms with E-state index in [0.29, 0.717) is 35.0 Å². The van der Waals surface area contributed by atoms with Crippen molar-refractivity contribution in [2.75, 3.05) is 19.7 Å². The second-order valence-corrected chi connectivity index (χ2v) is 9.46. The molecule has 1 saturated carbocycles. The fraction of sp³-hybridized carbons (Fsp3) is 0.310. The number of carbonyl (C=O) groups excluding carboxylic acids is 1. The zero-order valence-electron chi connectivity index (χ0n) is 19.9. The quantitative estimate of drug-likeness (QED) is 0.522. The number of amides is 1. The van der Waals surface area contributed by atoms with E-state index in [0.717, 1.165) is 30.7 Å². The predicted molar refractivity (Wildman–Crippen MR) is 134 cm³/mol. The molecule has 7 heteroatoms. The van der Waals surface area contributed by atoms with Gasteiger partial charge >= 0.3 is 0 Å². The summed E-state index contributed by atoms with van der Waals surface area (Å²) < 4.78 is 5.82. The third-order valence-corrected chi connectivity index (χ3v) is 6.79. The highest BCUT2D eigenvalue weighted by molar-refractivity contribution is 5.94. The lowest BCUT2D eigenvalue weighted by atomic mass is 9.97. The lowest BCUT2D eigenvalue weighted by molar-refractivity contribution is 0.0937. The minimum absolute atomic E-state index is 0.00290. The van der Waals surface area contributed by atoms with Crippen molar-refractivity contribution in [2.45, 2.75) is 31.3 Å². The van der Waals surface area contributed by atoms with Crippen LogP contribution in [0.25, 0.3) is 0 Å². The fourth-order valence-corrected chi connectivity index (χ4v) is 4.59. The van der Waals surface area contributed by atoms with Gasteiger partial charge in [0.05, 0.1) is 35.9 Å². The van der Waals surface area contributed by atoms with Crippen molar-refractivity contribution in [3.63, 3.8) is 0 Å². The molecule has 2 heterocycles. The van der Waals surface area contributed by atoms with Gasteiger partial charge in [0.25, 0.3) is 5.91 Å². The maximum absolute atomic E-state index is 12.8. The summed E-state index contributed by atoms with van der Waals surface area (Å²) in [5.41, 5.74) is 3.80. The van der Waals surface area contributed by atoms with Crippen LogP contribution >= 0.6 is 0 Å². The number of aromatic nitrogens is 1. The molecule has 7 nitrogen and oxygen atoms in total. The molecule has 3 aromatic rings. The fourth-order valence-electron chi connectivity index (χ4n) is 4.59. The lowest BCUT2D eigenvalue weighted by Gasteiger charge is -2.29. The molecule has 1 aromatic heterocycles. The molecule has 36 heavy (non-hydrogen) atoms.